The van der Waals surface area contributed by atoms with Gasteiger partial charge in [0, 0.05) is 37.9 Å². The number of nitrogens with zero attached hydrogens (tertiary/aromatic N) is 2. The van der Waals surface area contributed by atoms with E-state index in [0.29, 0.717) is 25.4 Å². The largest absolute Gasteiger partial charge is 0.354 e. The zero-order chi connectivity index (χ0) is 11.4. The minimum atomic E-state index is 0.0600. The molecule has 1 unspecified atom stereocenters. The van der Waals surface area contributed by atoms with E-state index in [-0.39, 0.29) is 11.9 Å². The number of rotatable bonds is 6. The average molecular weight is 222 g/mol. The number of aryl methyl sites for hydroxylation is 1. The number of hydrogen-bond donors (Lipinski definition) is 2. The van der Waals surface area contributed by atoms with Crippen LogP contribution in [0.3, 0.4) is 0 Å². The van der Waals surface area contributed by atoms with Crippen molar-refractivity contribution in [1.29, 1.82) is 0 Å². The molecule has 1 saturated carbocycles. The van der Waals surface area contributed by atoms with E-state index in [4.69, 9.17) is 5.73 Å². The van der Waals surface area contributed by atoms with Crippen molar-refractivity contribution in [1.82, 2.24) is 14.9 Å². The van der Waals surface area contributed by atoms with Crippen LogP contribution in [0.4, 0.5) is 0 Å². The van der Waals surface area contributed by atoms with Crippen LogP contribution >= 0.6 is 0 Å². The molecule has 1 aromatic rings. The van der Waals surface area contributed by atoms with Crippen molar-refractivity contribution in [3.63, 3.8) is 0 Å². The van der Waals surface area contributed by atoms with Crippen LogP contribution in [0.25, 0.3) is 0 Å². The minimum Gasteiger partial charge on any atom is -0.354 e. The number of nitrogens with two attached hydrogens (primary N) is 1. The van der Waals surface area contributed by atoms with Crippen LogP contribution in [-0.4, -0.2) is 28.0 Å². The van der Waals surface area contributed by atoms with E-state index in [1.54, 1.807) is 12.5 Å². The fraction of sp³-hybridized carbons (Fsp3) is 0.636. The average Bonchev–Trinajstić information content (AvgIpc) is 3.01. The van der Waals surface area contributed by atoms with Gasteiger partial charge in [-0.1, -0.05) is 0 Å². The van der Waals surface area contributed by atoms with Crippen molar-refractivity contribution in [3.05, 3.63) is 18.7 Å². The highest BCUT2D eigenvalue weighted by Gasteiger charge is 2.28. The number of amides is 1. The van der Waals surface area contributed by atoms with E-state index in [1.807, 2.05) is 10.8 Å². The Hall–Kier alpha value is -1.36. The highest BCUT2D eigenvalue weighted by atomic mass is 16.1. The number of carbonyl (C=O) groups is 1. The Balaban J connectivity index is 1.60. The van der Waals surface area contributed by atoms with Gasteiger partial charge in [0.25, 0.3) is 0 Å². The number of carbonyl (C=O) groups excluding carboxylic acids is 1. The van der Waals surface area contributed by atoms with Gasteiger partial charge < -0.3 is 15.6 Å². The summed E-state index contributed by atoms with van der Waals surface area (Å²) in [5, 5.41) is 2.87. The van der Waals surface area contributed by atoms with Crippen molar-refractivity contribution >= 4 is 5.91 Å². The summed E-state index contributed by atoms with van der Waals surface area (Å²) in [6.45, 7) is 1.28. The Morgan fingerprint density at radius 1 is 1.62 bits per heavy atom. The van der Waals surface area contributed by atoms with E-state index in [9.17, 15) is 4.79 Å². The maximum Gasteiger partial charge on any atom is 0.221 e. The zero-order valence-electron chi connectivity index (χ0n) is 9.30. The summed E-state index contributed by atoms with van der Waals surface area (Å²) in [6.07, 6.45) is 8.18. The highest BCUT2D eigenvalue weighted by molar-refractivity contribution is 5.75. The second-order valence-electron chi connectivity index (χ2n) is 4.36. The van der Waals surface area contributed by atoms with Gasteiger partial charge in [-0.25, -0.2) is 4.98 Å². The van der Waals surface area contributed by atoms with Gasteiger partial charge in [-0.2, -0.15) is 0 Å². The van der Waals surface area contributed by atoms with Gasteiger partial charge in [-0.15, -0.1) is 0 Å². The van der Waals surface area contributed by atoms with E-state index in [1.165, 1.54) is 12.8 Å². The number of aromatic nitrogens is 2. The first kappa shape index (κ1) is 11.1. The molecule has 0 bridgehead atoms. The summed E-state index contributed by atoms with van der Waals surface area (Å²) in [5.74, 6) is 0.693. The molecule has 1 atom stereocenters. The van der Waals surface area contributed by atoms with Crippen LogP contribution < -0.4 is 11.1 Å². The van der Waals surface area contributed by atoms with Crippen LogP contribution in [0.1, 0.15) is 19.3 Å². The van der Waals surface area contributed by atoms with Gasteiger partial charge in [0.05, 0.1) is 6.33 Å². The maximum absolute atomic E-state index is 11.5. The third kappa shape index (κ3) is 3.34. The first-order chi connectivity index (χ1) is 7.75. The van der Waals surface area contributed by atoms with E-state index < -0.39 is 0 Å². The molecule has 0 spiro atoms. The Labute approximate surface area is 95.0 Å². The molecular formula is C11H18N4O. The number of hydrogen-bond acceptors (Lipinski definition) is 3. The summed E-state index contributed by atoms with van der Waals surface area (Å²) >= 11 is 0. The highest BCUT2D eigenvalue weighted by Crippen LogP contribution is 2.31. The SMILES string of the molecule is NC(CNC(=O)CCn1ccnc1)C1CC1. The molecule has 1 aliphatic carbocycles. The number of imidazole rings is 1. The topological polar surface area (TPSA) is 72.9 Å². The molecule has 1 fully saturated rings. The van der Waals surface area contributed by atoms with Crippen LogP contribution in [-0.2, 0) is 11.3 Å². The summed E-state index contributed by atoms with van der Waals surface area (Å²) in [4.78, 5) is 15.4. The van der Waals surface area contributed by atoms with Crippen LogP contribution in [0.15, 0.2) is 18.7 Å². The lowest BCUT2D eigenvalue weighted by Crippen LogP contribution is -2.38. The van der Waals surface area contributed by atoms with Gasteiger partial charge in [0.1, 0.15) is 0 Å². The first-order valence-corrected chi connectivity index (χ1v) is 5.73. The summed E-state index contributed by atoms with van der Waals surface area (Å²) in [6, 6.07) is 0.136. The molecule has 0 aromatic carbocycles. The van der Waals surface area contributed by atoms with Crippen molar-refractivity contribution in [2.45, 2.75) is 31.8 Å². The quantitative estimate of drug-likeness (QED) is 0.718. The lowest BCUT2D eigenvalue weighted by atomic mass is 10.2. The molecule has 1 aliphatic rings. The monoisotopic (exact) mass is 222 g/mol. The van der Waals surface area contributed by atoms with Crippen molar-refractivity contribution < 1.29 is 4.79 Å². The molecule has 2 rings (SSSR count). The van der Waals surface area contributed by atoms with Gasteiger partial charge in [0.15, 0.2) is 0 Å². The van der Waals surface area contributed by atoms with Gasteiger partial charge in [0.2, 0.25) is 5.91 Å². The summed E-state index contributed by atoms with van der Waals surface area (Å²) in [5.41, 5.74) is 5.89. The number of nitrogens with one attached hydrogen (secondary N) is 1. The van der Waals surface area contributed by atoms with Crippen LogP contribution in [0.5, 0.6) is 0 Å². The van der Waals surface area contributed by atoms with Crippen molar-refractivity contribution in [2.75, 3.05) is 6.54 Å². The lowest BCUT2D eigenvalue weighted by Gasteiger charge is -2.11. The zero-order valence-corrected chi connectivity index (χ0v) is 9.30. The fourth-order valence-corrected chi connectivity index (χ4v) is 1.66. The van der Waals surface area contributed by atoms with Gasteiger partial charge in [-0.3, -0.25) is 4.79 Å². The molecule has 1 aromatic heterocycles. The molecule has 0 radical (unpaired) electrons. The molecule has 5 heteroatoms. The molecule has 0 saturated heterocycles. The second-order valence-corrected chi connectivity index (χ2v) is 4.36. The maximum atomic E-state index is 11.5. The summed E-state index contributed by atoms with van der Waals surface area (Å²) < 4.78 is 1.89. The Bertz CT molecular complexity index is 332. The first-order valence-electron chi connectivity index (χ1n) is 5.73. The van der Waals surface area contributed by atoms with Crippen LogP contribution in [0, 0.1) is 5.92 Å². The van der Waals surface area contributed by atoms with Gasteiger partial charge >= 0.3 is 0 Å². The molecule has 5 nitrogen and oxygen atoms in total. The predicted octanol–water partition coefficient (Wildman–Crippen LogP) is 0.127. The van der Waals surface area contributed by atoms with Crippen molar-refractivity contribution in [3.8, 4) is 0 Å². The predicted molar refractivity (Wildman–Crippen MR) is 60.6 cm³/mol. The standard InChI is InChI=1S/C11H18N4O/c12-10(9-1-2-9)7-14-11(16)3-5-15-6-4-13-8-15/h4,6,8-10H,1-3,5,7,12H2,(H,14,16). The Morgan fingerprint density at radius 3 is 3.06 bits per heavy atom. The van der Waals surface area contributed by atoms with Crippen LogP contribution in [0.2, 0.25) is 0 Å². The molecule has 16 heavy (non-hydrogen) atoms. The Morgan fingerprint density at radius 2 is 2.44 bits per heavy atom. The normalized spacial score (nSPS) is 17.1. The minimum absolute atomic E-state index is 0.0600. The molecule has 1 amide bonds. The fourth-order valence-electron chi connectivity index (χ4n) is 1.66. The third-order valence-corrected chi connectivity index (χ3v) is 2.92. The molecule has 1 heterocycles. The second kappa shape index (κ2) is 5.12. The molecule has 0 aliphatic heterocycles. The van der Waals surface area contributed by atoms with Gasteiger partial charge in [-0.05, 0) is 18.8 Å². The molecule has 3 N–H and O–H groups in total. The van der Waals surface area contributed by atoms with E-state index in [0.717, 1.165) is 0 Å². The van der Waals surface area contributed by atoms with E-state index >= 15 is 0 Å². The lowest BCUT2D eigenvalue weighted by molar-refractivity contribution is -0.121. The summed E-state index contributed by atoms with van der Waals surface area (Å²) in [7, 11) is 0. The molecule has 88 valence electrons. The van der Waals surface area contributed by atoms with E-state index in [2.05, 4.69) is 10.3 Å². The smallest absolute Gasteiger partial charge is 0.221 e. The van der Waals surface area contributed by atoms with Crippen molar-refractivity contribution in [2.24, 2.45) is 11.7 Å². The molecular weight excluding hydrogens is 204 g/mol. The Kier molecular flexibility index (Phi) is 3.56. The third-order valence-electron chi connectivity index (χ3n) is 2.92.